The second-order valence-corrected chi connectivity index (χ2v) is 7.57. The van der Waals surface area contributed by atoms with Gasteiger partial charge in [0.1, 0.15) is 5.41 Å². The van der Waals surface area contributed by atoms with E-state index in [1.165, 1.54) is 6.20 Å². The van der Waals surface area contributed by atoms with E-state index in [0.29, 0.717) is 18.5 Å². The molecule has 3 heterocycles. The van der Waals surface area contributed by atoms with Gasteiger partial charge in [0.25, 0.3) is 5.56 Å². The van der Waals surface area contributed by atoms with Crippen LogP contribution < -0.4 is 10.9 Å². The normalized spacial score (nSPS) is 22.7. The third-order valence-corrected chi connectivity index (χ3v) is 6.09. The summed E-state index contributed by atoms with van der Waals surface area (Å²) >= 11 is 0. The van der Waals surface area contributed by atoms with Crippen molar-refractivity contribution in [2.45, 2.75) is 24.3 Å². The second kappa shape index (κ2) is 6.48. The molecule has 1 spiro atoms. The van der Waals surface area contributed by atoms with Gasteiger partial charge in [-0.05, 0) is 23.6 Å². The maximum Gasteiger partial charge on any atom is 0.267 e. The highest BCUT2D eigenvalue weighted by atomic mass is 16.2. The van der Waals surface area contributed by atoms with E-state index in [0.717, 1.165) is 16.8 Å². The van der Waals surface area contributed by atoms with Crippen molar-refractivity contribution in [1.82, 2.24) is 15.1 Å². The van der Waals surface area contributed by atoms with Crippen molar-refractivity contribution in [3.05, 3.63) is 87.8 Å². The van der Waals surface area contributed by atoms with Crippen LogP contribution in [0.3, 0.4) is 0 Å². The number of anilines is 1. The second-order valence-electron chi connectivity index (χ2n) is 7.57. The number of nitrogens with one attached hydrogen (secondary N) is 3. The molecule has 1 aromatic heterocycles. The smallest absolute Gasteiger partial charge is 0.267 e. The van der Waals surface area contributed by atoms with Crippen molar-refractivity contribution < 1.29 is 9.59 Å². The highest BCUT2D eigenvalue weighted by Gasteiger charge is 2.59. The van der Waals surface area contributed by atoms with Gasteiger partial charge in [-0.1, -0.05) is 48.5 Å². The number of nitrogens with zero attached hydrogens (tertiary/aromatic N) is 1. The first kappa shape index (κ1) is 17.5. The van der Waals surface area contributed by atoms with Crippen LogP contribution in [0.15, 0.2) is 65.6 Å². The molecule has 7 nitrogen and oxygen atoms in total. The van der Waals surface area contributed by atoms with E-state index in [2.05, 4.69) is 15.5 Å². The Hall–Kier alpha value is -3.61. The van der Waals surface area contributed by atoms with Gasteiger partial charge in [-0.15, -0.1) is 0 Å². The van der Waals surface area contributed by atoms with Crippen LogP contribution in [0.2, 0.25) is 0 Å². The van der Waals surface area contributed by atoms with Gasteiger partial charge < -0.3 is 15.3 Å². The van der Waals surface area contributed by atoms with Crippen LogP contribution in [0.1, 0.15) is 29.2 Å². The molecule has 2 atom stereocenters. The van der Waals surface area contributed by atoms with E-state index in [-0.39, 0.29) is 23.8 Å². The van der Waals surface area contributed by atoms with E-state index >= 15 is 0 Å². The molecule has 2 amide bonds. The number of carbonyl (C=O) groups is 2. The Kier molecular flexibility index (Phi) is 3.91. The SMILES string of the molecule is O=C(Cc1c[nH][nH]c1=O)N1CCC2(C(=O)Nc3ccccc32)C1c1ccccc1. The number of benzene rings is 2. The molecule has 146 valence electrons. The summed E-state index contributed by atoms with van der Waals surface area (Å²) in [6.45, 7) is 0.447. The quantitative estimate of drug-likeness (QED) is 0.641. The fourth-order valence-corrected chi connectivity index (χ4v) is 4.78. The van der Waals surface area contributed by atoms with Gasteiger partial charge in [-0.2, -0.15) is 0 Å². The first-order valence-electron chi connectivity index (χ1n) is 9.61. The van der Waals surface area contributed by atoms with E-state index in [1.54, 1.807) is 4.90 Å². The molecule has 1 saturated heterocycles. The van der Waals surface area contributed by atoms with Crippen LogP contribution in [0.4, 0.5) is 5.69 Å². The highest BCUT2D eigenvalue weighted by Crippen LogP contribution is 2.54. The van der Waals surface area contributed by atoms with Crippen LogP contribution in [0.5, 0.6) is 0 Å². The van der Waals surface area contributed by atoms with Crippen molar-refractivity contribution in [3.63, 3.8) is 0 Å². The highest BCUT2D eigenvalue weighted by molar-refractivity contribution is 6.07. The first-order valence-corrected chi connectivity index (χ1v) is 9.61. The molecule has 0 radical (unpaired) electrons. The largest absolute Gasteiger partial charge is 0.334 e. The summed E-state index contributed by atoms with van der Waals surface area (Å²) in [5, 5.41) is 8.10. The van der Waals surface area contributed by atoms with Gasteiger partial charge in [-0.25, -0.2) is 0 Å². The third-order valence-electron chi connectivity index (χ3n) is 6.09. The Morgan fingerprint density at radius 2 is 1.83 bits per heavy atom. The van der Waals surface area contributed by atoms with E-state index < -0.39 is 11.5 Å². The molecule has 0 aliphatic carbocycles. The summed E-state index contributed by atoms with van der Waals surface area (Å²) < 4.78 is 0. The van der Waals surface area contributed by atoms with Crippen LogP contribution in [0.25, 0.3) is 0 Å². The Balaban J connectivity index is 1.61. The summed E-state index contributed by atoms with van der Waals surface area (Å²) in [7, 11) is 0. The molecule has 2 unspecified atom stereocenters. The molecule has 2 aromatic carbocycles. The summed E-state index contributed by atoms with van der Waals surface area (Å²) in [6, 6.07) is 16.9. The molecule has 7 heteroatoms. The Morgan fingerprint density at radius 1 is 1.07 bits per heavy atom. The zero-order valence-corrected chi connectivity index (χ0v) is 15.6. The minimum Gasteiger partial charge on any atom is -0.334 e. The lowest BCUT2D eigenvalue weighted by Crippen LogP contribution is -2.43. The number of rotatable bonds is 3. The van der Waals surface area contributed by atoms with Crippen LogP contribution in [-0.4, -0.2) is 33.5 Å². The predicted molar refractivity (Wildman–Crippen MR) is 107 cm³/mol. The molecular formula is C22H20N4O3. The molecule has 0 bridgehead atoms. The lowest BCUT2D eigenvalue weighted by Gasteiger charge is -2.34. The number of H-pyrrole nitrogens is 2. The molecule has 29 heavy (non-hydrogen) atoms. The fourth-order valence-electron chi connectivity index (χ4n) is 4.78. The number of likely N-dealkylation sites (tertiary alicyclic amines) is 1. The number of fused-ring (bicyclic) bond motifs is 2. The first-order chi connectivity index (χ1) is 14.1. The summed E-state index contributed by atoms with van der Waals surface area (Å²) in [6.07, 6.45) is 2.04. The molecule has 2 aliphatic rings. The van der Waals surface area contributed by atoms with Crippen LogP contribution in [0, 0.1) is 0 Å². The van der Waals surface area contributed by atoms with Crippen molar-refractivity contribution in [2.75, 3.05) is 11.9 Å². The van der Waals surface area contributed by atoms with Gasteiger partial charge in [0.2, 0.25) is 11.8 Å². The minimum absolute atomic E-state index is 0.0124. The van der Waals surface area contributed by atoms with Gasteiger partial charge in [-0.3, -0.25) is 19.5 Å². The van der Waals surface area contributed by atoms with Crippen molar-refractivity contribution in [3.8, 4) is 0 Å². The number of amides is 2. The predicted octanol–water partition coefficient (Wildman–Crippen LogP) is 2.11. The van der Waals surface area contributed by atoms with Crippen LogP contribution in [-0.2, 0) is 21.4 Å². The lowest BCUT2D eigenvalue weighted by molar-refractivity contribution is -0.132. The van der Waals surface area contributed by atoms with E-state index in [1.807, 2.05) is 54.6 Å². The van der Waals surface area contributed by atoms with Gasteiger partial charge >= 0.3 is 0 Å². The third kappa shape index (κ3) is 2.54. The fraction of sp³-hybridized carbons (Fsp3) is 0.227. The van der Waals surface area contributed by atoms with Crippen LogP contribution >= 0.6 is 0 Å². The van der Waals surface area contributed by atoms with Crippen molar-refractivity contribution in [1.29, 1.82) is 0 Å². The molecule has 3 aromatic rings. The maximum absolute atomic E-state index is 13.3. The minimum atomic E-state index is -0.835. The average Bonchev–Trinajstić information content (AvgIpc) is 3.41. The zero-order valence-electron chi connectivity index (χ0n) is 15.6. The monoisotopic (exact) mass is 388 g/mol. The summed E-state index contributed by atoms with van der Waals surface area (Å²) in [5.41, 5.74) is 1.89. The van der Waals surface area contributed by atoms with Gasteiger partial charge in [0.05, 0.1) is 12.5 Å². The molecule has 3 N–H and O–H groups in total. The Morgan fingerprint density at radius 3 is 2.59 bits per heavy atom. The average molecular weight is 388 g/mol. The van der Waals surface area contributed by atoms with Gasteiger partial charge in [0, 0.05) is 24.0 Å². The molecule has 0 saturated carbocycles. The summed E-state index contributed by atoms with van der Waals surface area (Å²) in [5.74, 6) is -0.250. The molecular weight excluding hydrogens is 368 g/mol. The maximum atomic E-state index is 13.3. The number of aromatic nitrogens is 2. The number of para-hydroxylation sites is 1. The van der Waals surface area contributed by atoms with Crippen molar-refractivity contribution in [2.24, 2.45) is 0 Å². The van der Waals surface area contributed by atoms with Crippen molar-refractivity contribution >= 4 is 17.5 Å². The zero-order chi connectivity index (χ0) is 20.0. The lowest BCUT2D eigenvalue weighted by atomic mass is 9.72. The number of aromatic amines is 2. The number of hydrogen-bond donors (Lipinski definition) is 3. The topological polar surface area (TPSA) is 98.1 Å². The molecule has 5 rings (SSSR count). The standard InChI is InChI=1S/C22H20N4O3/c27-18(12-15-13-23-25-20(15)28)26-11-10-22(19(26)14-6-2-1-3-7-14)16-8-4-5-9-17(16)24-21(22)29/h1-9,13,19H,10-12H2,(H,24,29)(H2,23,25,28). The summed E-state index contributed by atoms with van der Waals surface area (Å²) in [4.78, 5) is 40.1. The number of carbonyl (C=O) groups excluding carboxylic acids is 2. The van der Waals surface area contributed by atoms with Gasteiger partial charge in [0.15, 0.2) is 0 Å². The van der Waals surface area contributed by atoms with E-state index in [9.17, 15) is 14.4 Å². The number of hydrogen-bond acceptors (Lipinski definition) is 3. The molecule has 1 fully saturated rings. The Bertz CT molecular complexity index is 1150. The Labute approximate surface area is 166 Å². The molecule has 2 aliphatic heterocycles. The van der Waals surface area contributed by atoms with E-state index in [4.69, 9.17) is 0 Å².